The third-order valence-electron chi connectivity index (χ3n) is 3.60. The molecule has 0 unspecified atom stereocenters. The van der Waals surface area contributed by atoms with Gasteiger partial charge in [-0.05, 0) is 42.7 Å². The third-order valence-corrected chi connectivity index (χ3v) is 3.60. The van der Waals surface area contributed by atoms with Gasteiger partial charge in [0.05, 0.1) is 12.2 Å². The fourth-order valence-electron chi connectivity index (χ4n) is 2.37. The Hall–Kier alpha value is -2.66. The van der Waals surface area contributed by atoms with E-state index in [0.717, 1.165) is 5.56 Å². The molecule has 0 fully saturated rings. The average Bonchev–Trinajstić information content (AvgIpc) is 2.54. The highest BCUT2D eigenvalue weighted by molar-refractivity contribution is 5.94. The van der Waals surface area contributed by atoms with Crippen LogP contribution in [0.5, 0.6) is 0 Å². The number of rotatable bonds is 7. The number of aromatic carboxylic acids is 1. The van der Waals surface area contributed by atoms with Gasteiger partial charge >= 0.3 is 5.97 Å². The SMILES string of the molecule is COCc1cc(NC(=O)CCc2ccc(C)cc2)cc(C(=O)O)c1. The molecule has 0 heterocycles. The van der Waals surface area contributed by atoms with E-state index in [4.69, 9.17) is 9.84 Å². The summed E-state index contributed by atoms with van der Waals surface area (Å²) in [5, 5.41) is 11.9. The van der Waals surface area contributed by atoms with E-state index in [1.165, 1.54) is 24.8 Å². The fourth-order valence-corrected chi connectivity index (χ4v) is 2.37. The predicted octanol–water partition coefficient (Wildman–Crippen LogP) is 3.41. The number of carbonyl (C=O) groups is 2. The Kier molecular flexibility index (Phi) is 6.09. The van der Waals surface area contributed by atoms with Crippen molar-refractivity contribution in [3.8, 4) is 0 Å². The van der Waals surface area contributed by atoms with E-state index < -0.39 is 5.97 Å². The van der Waals surface area contributed by atoms with Gasteiger partial charge < -0.3 is 15.2 Å². The summed E-state index contributed by atoms with van der Waals surface area (Å²) in [6.45, 7) is 2.30. The number of amides is 1. The van der Waals surface area contributed by atoms with Crippen molar-refractivity contribution < 1.29 is 19.4 Å². The smallest absolute Gasteiger partial charge is 0.335 e. The van der Waals surface area contributed by atoms with Gasteiger partial charge in [-0.2, -0.15) is 0 Å². The van der Waals surface area contributed by atoms with Gasteiger partial charge in [0.1, 0.15) is 0 Å². The summed E-state index contributed by atoms with van der Waals surface area (Å²) in [6, 6.07) is 12.7. The lowest BCUT2D eigenvalue weighted by atomic mass is 10.1. The van der Waals surface area contributed by atoms with E-state index in [9.17, 15) is 9.59 Å². The Morgan fingerprint density at radius 2 is 1.79 bits per heavy atom. The fraction of sp³-hybridized carbons (Fsp3) is 0.263. The van der Waals surface area contributed by atoms with Gasteiger partial charge in [-0.1, -0.05) is 29.8 Å². The molecule has 0 aromatic heterocycles. The maximum atomic E-state index is 12.1. The van der Waals surface area contributed by atoms with Crippen molar-refractivity contribution in [2.45, 2.75) is 26.4 Å². The van der Waals surface area contributed by atoms with E-state index in [0.29, 0.717) is 24.1 Å². The molecular weight excluding hydrogens is 306 g/mol. The van der Waals surface area contributed by atoms with Crippen LogP contribution in [0.1, 0.15) is 33.5 Å². The molecule has 0 bridgehead atoms. The van der Waals surface area contributed by atoms with Crippen LogP contribution in [0.25, 0.3) is 0 Å². The Morgan fingerprint density at radius 3 is 2.42 bits per heavy atom. The average molecular weight is 327 g/mol. The molecule has 2 rings (SSSR count). The lowest BCUT2D eigenvalue weighted by Gasteiger charge is -2.09. The van der Waals surface area contributed by atoms with Crippen LogP contribution >= 0.6 is 0 Å². The van der Waals surface area contributed by atoms with Crippen LogP contribution < -0.4 is 5.32 Å². The number of anilines is 1. The number of ether oxygens (including phenoxy) is 1. The van der Waals surface area contributed by atoms with Gasteiger partial charge in [-0.15, -0.1) is 0 Å². The first-order valence-electron chi connectivity index (χ1n) is 7.69. The molecule has 2 N–H and O–H groups in total. The molecule has 0 radical (unpaired) electrons. The van der Waals surface area contributed by atoms with Crippen LogP contribution in [0.3, 0.4) is 0 Å². The molecule has 2 aromatic rings. The van der Waals surface area contributed by atoms with Crippen LogP contribution in [0.15, 0.2) is 42.5 Å². The summed E-state index contributed by atoms with van der Waals surface area (Å²) in [6.07, 6.45) is 0.968. The van der Waals surface area contributed by atoms with Gasteiger partial charge in [0, 0.05) is 19.2 Å². The molecule has 0 aliphatic heterocycles. The molecular formula is C19H21NO4. The Balaban J connectivity index is 2.02. The first kappa shape index (κ1) is 17.7. The second-order valence-corrected chi connectivity index (χ2v) is 5.69. The molecule has 0 atom stereocenters. The van der Waals surface area contributed by atoms with Crippen LogP contribution in [0.4, 0.5) is 5.69 Å². The number of carboxylic acid groups (broad SMARTS) is 1. The van der Waals surface area contributed by atoms with Gasteiger partial charge in [-0.25, -0.2) is 4.79 Å². The zero-order valence-corrected chi connectivity index (χ0v) is 13.8. The predicted molar refractivity (Wildman–Crippen MR) is 92.2 cm³/mol. The number of aryl methyl sites for hydroxylation is 2. The second kappa shape index (κ2) is 8.26. The maximum absolute atomic E-state index is 12.1. The number of carboxylic acids is 1. The molecule has 0 saturated heterocycles. The summed E-state index contributed by atoms with van der Waals surface area (Å²) in [7, 11) is 1.53. The number of methoxy groups -OCH3 is 1. The van der Waals surface area contributed by atoms with Crippen LogP contribution in [0, 0.1) is 6.92 Å². The normalized spacial score (nSPS) is 10.4. The Labute approximate surface area is 141 Å². The first-order chi connectivity index (χ1) is 11.5. The topological polar surface area (TPSA) is 75.6 Å². The van der Waals surface area contributed by atoms with Crippen LogP contribution in [-0.2, 0) is 22.6 Å². The van der Waals surface area contributed by atoms with Crippen LogP contribution in [-0.4, -0.2) is 24.1 Å². The zero-order valence-electron chi connectivity index (χ0n) is 13.8. The molecule has 24 heavy (non-hydrogen) atoms. The van der Waals surface area contributed by atoms with Crippen molar-refractivity contribution in [3.05, 3.63) is 64.7 Å². The number of nitrogens with one attached hydrogen (secondary N) is 1. The van der Waals surface area contributed by atoms with Crippen molar-refractivity contribution in [2.24, 2.45) is 0 Å². The van der Waals surface area contributed by atoms with E-state index >= 15 is 0 Å². The monoisotopic (exact) mass is 327 g/mol. The van der Waals surface area contributed by atoms with Gasteiger partial charge in [-0.3, -0.25) is 4.79 Å². The molecule has 0 spiro atoms. The Morgan fingerprint density at radius 1 is 1.08 bits per heavy atom. The number of benzene rings is 2. The zero-order chi connectivity index (χ0) is 17.5. The van der Waals surface area contributed by atoms with Crippen LogP contribution in [0.2, 0.25) is 0 Å². The summed E-state index contributed by atoms with van der Waals surface area (Å²) in [4.78, 5) is 23.3. The minimum atomic E-state index is -1.04. The maximum Gasteiger partial charge on any atom is 0.335 e. The Bertz CT molecular complexity index is 723. The highest BCUT2D eigenvalue weighted by Crippen LogP contribution is 2.17. The molecule has 0 aliphatic carbocycles. The standard InChI is InChI=1S/C19H21NO4/c1-13-3-5-14(6-4-13)7-8-18(21)20-17-10-15(12-24-2)9-16(11-17)19(22)23/h3-6,9-11H,7-8,12H2,1-2H3,(H,20,21)(H,22,23). The summed E-state index contributed by atoms with van der Waals surface area (Å²) >= 11 is 0. The van der Waals surface area contributed by atoms with Crippen molar-refractivity contribution in [1.29, 1.82) is 0 Å². The van der Waals surface area contributed by atoms with Gasteiger partial charge in [0.2, 0.25) is 5.91 Å². The molecule has 5 nitrogen and oxygen atoms in total. The third kappa shape index (κ3) is 5.21. The molecule has 2 aromatic carbocycles. The van der Waals surface area contributed by atoms with Gasteiger partial charge in [0.25, 0.3) is 0 Å². The van der Waals surface area contributed by atoms with Crippen molar-refractivity contribution in [2.75, 3.05) is 12.4 Å². The van der Waals surface area contributed by atoms with Crippen molar-refractivity contribution in [3.63, 3.8) is 0 Å². The quantitative estimate of drug-likeness (QED) is 0.817. The van der Waals surface area contributed by atoms with E-state index in [-0.39, 0.29) is 18.1 Å². The molecule has 1 amide bonds. The first-order valence-corrected chi connectivity index (χ1v) is 7.69. The second-order valence-electron chi connectivity index (χ2n) is 5.69. The molecule has 5 heteroatoms. The van der Waals surface area contributed by atoms with Crippen molar-refractivity contribution in [1.82, 2.24) is 0 Å². The molecule has 0 aliphatic rings. The largest absolute Gasteiger partial charge is 0.478 e. The number of hydrogen-bond acceptors (Lipinski definition) is 3. The number of hydrogen-bond donors (Lipinski definition) is 2. The number of carbonyl (C=O) groups excluding carboxylic acids is 1. The highest BCUT2D eigenvalue weighted by atomic mass is 16.5. The van der Waals surface area contributed by atoms with Crippen molar-refractivity contribution >= 4 is 17.6 Å². The van der Waals surface area contributed by atoms with E-state index in [1.807, 2.05) is 31.2 Å². The summed E-state index contributed by atoms with van der Waals surface area (Å²) in [5.74, 6) is -1.19. The lowest BCUT2D eigenvalue weighted by molar-refractivity contribution is -0.116. The molecule has 126 valence electrons. The van der Waals surface area contributed by atoms with E-state index in [1.54, 1.807) is 6.07 Å². The molecule has 0 saturated carbocycles. The minimum absolute atomic E-state index is 0.124. The van der Waals surface area contributed by atoms with E-state index in [2.05, 4.69) is 5.32 Å². The summed E-state index contributed by atoms with van der Waals surface area (Å²) in [5.41, 5.74) is 3.56. The minimum Gasteiger partial charge on any atom is -0.478 e. The summed E-state index contributed by atoms with van der Waals surface area (Å²) < 4.78 is 5.03. The highest BCUT2D eigenvalue weighted by Gasteiger charge is 2.10. The van der Waals surface area contributed by atoms with Gasteiger partial charge in [0.15, 0.2) is 0 Å². The lowest BCUT2D eigenvalue weighted by Crippen LogP contribution is -2.13.